The normalized spacial score (nSPS) is 18.2. The zero-order chi connectivity index (χ0) is 31.7. The summed E-state index contributed by atoms with van der Waals surface area (Å²) in [4.78, 5) is 57.0. The maximum Gasteiger partial charge on any atom is 0.274 e. The van der Waals surface area contributed by atoms with Gasteiger partial charge in [-0.3, -0.25) is 14.5 Å². The highest BCUT2D eigenvalue weighted by Gasteiger charge is 2.29. The number of nitrogens with zero attached hydrogens (tertiary/aromatic N) is 6. The van der Waals surface area contributed by atoms with Gasteiger partial charge in [0, 0.05) is 76.2 Å². The highest BCUT2D eigenvalue weighted by atomic mass is 16.5. The summed E-state index contributed by atoms with van der Waals surface area (Å²) in [6.07, 6.45) is 7.68. The lowest BCUT2D eigenvalue weighted by Gasteiger charge is -2.38. The topological polar surface area (TPSA) is 133 Å². The third-order valence-corrected chi connectivity index (χ3v) is 9.14. The standard InChI is InChI=1S/C34H42N8O4/c43-15-14-40-10-12-41(13-11-40)21-25-5-8-42(9-6-25)34(45)33-31(39-32(44)20-36-19-30-4-7-35-24-38-30)17-28(18-37-33)26-2-1-3-27(16-26)29-22-46-23-29/h1-4,7,15-18,24-25,29,36H,5-6,8-14,19-23H2,(H,39,44). The number of aldehydes is 1. The summed E-state index contributed by atoms with van der Waals surface area (Å²) < 4.78 is 5.38. The quantitative estimate of drug-likeness (QED) is 0.288. The van der Waals surface area contributed by atoms with Crippen LogP contribution in [0.3, 0.4) is 0 Å². The predicted molar refractivity (Wildman–Crippen MR) is 173 cm³/mol. The van der Waals surface area contributed by atoms with Crippen LogP contribution in [0.1, 0.15) is 40.5 Å². The molecule has 2 N–H and O–H groups in total. The van der Waals surface area contributed by atoms with Gasteiger partial charge in [0.05, 0.1) is 37.7 Å². The van der Waals surface area contributed by atoms with Gasteiger partial charge >= 0.3 is 0 Å². The van der Waals surface area contributed by atoms with Crippen molar-refractivity contribution in [2.45, 2.75) is 25.3 Å². The smallest absolute Gasteiger partial charge is 0.274 e. The summed E-state index contributed by atoms with van der Waals surface area (Å²) in [5.74, 6) is 0.459. The predicted octanol–water partition coefficient (Wildman–Crippen LogP) is 2.05. The number of carbonyl (C=O) groups excluding carboxylic acids is 3. The Morgan fingerprint density at radius 1 is 0.957 bits per heavy atom. The van der Waals surface area contributed by atoms with Crippen LogP contribution in [-0.4, -0.2) is 120 Å². The van der Waals surface area contributed by atoms with Crippen LogP contribution in [0.25, 0.3) is 11.1 Å². The summed E-state index contributed by atoms with van der Waals surface area (Å²) in [6.45, 7) is 8.50. The molecular weight excluding hydrogens is 584 g/mol. The molecule has 242 valence electrons. The fraction of sp³-hybridized carbons (Fsp3) is 0.471. The maximum atomic E-state index is 13.9. The Hall–Kier alpha value is -4.10. The lowest BCUT2D eigenvalue weighted by atomic mass is 9.94. The van der Waals surface area contributed by atoms with Crippen molar-refractivity contribution in [1.82, 2.24) is 35.0 Å². The van der Waals surface area contributed by atoms with Gasteiger partial charge in [0.1, 0.15) is 12.6 Å². The zero-order valence-electron chi connectivity index (χ0n) is 26.1. The Kier molecular flexibility index (Phi) is 10.7. The number of anilines is 1. The molecule has 3 aromatic rings. The van der Waals surface area contributed by atoms with Gasteiger partial charge in [0.25, 0.3) is 5.91 Å². The molecule has 0 saturated carbocycles. The Morgan fingerprint density at radius 2 is 1.76 bits per heavy atom. The first-order valence-electron chi connectivity index (χ1n) is 16.2. The third-order valence-electron chi connectivity index (χ3n) is 9.14. The molecule has 3 aliphatic rings. The molecule has 0 spiro atoms. The molecule has 3 fully saturated rings. The van der Waals surface area contributed by atoms with Gasteiger partial charge < -0.3 is 30.0 Å². The van der Waals surface area contributed by atoms with Gasteiger partial charge in [-0.15, -0.1) is 0 Å². The Morgan fingerprint density at radius 3 is 2.48 bits per heavy atom. The lowest BCUT2D eigenvalue weighted by molar-refractivity contribution is -0.115. The van der Waals surface area contributed by atoms with Crippen molar-refractivity contribution in [2.75, 3.05) is 77.4 Å². The number of rotatable bonds is 12. The van der Waals surface area contributed by atoms with E-state index in [4.69, 9.17) is 4.74 Å². The molecule has 6 rings (SSSR count). The van der Waals surface area contributed by atoms with E-state index in [2.05, 4.69) is 47.5 Å². The van der Waals surface area contributed by atoms with Crippen molar-refractivity contribution in [3.8, 4) is 11.1 Å². The minimum atomic E-state index is -0.269. The van der Waals surface area contributed by atoms with E-state index >= 15 is 0 Å². The van der Waals surface area contributed by atoms with Gasteiger partial charge in [-0.25, -0.2) is 15.0 Å². The van der Waals surface area contributed by atoms with Crippen molar-refractivity contribution in [2.24, 2.45) is 5.92 Å². The molecule has 3 aliphatic heterocycles. The van der Waals surface area contributed by atoms with Crippen molar-refractivity contribution >= 4 is 23.8 Å². The molecule has 12 heteroatoms. The second-order valence-electron chi connectivity index (χ2n) is 12.3. The second kappa shape index (κ2) is 15.5. The molecule has 46 heavy (non-hydrogen) atoms. The summed E-state index contributed by atoms with van der Waals surface area (Å²) in [5, 5.41) is 6.07. The van der Waals surface area contributed by atoms with Crippen LogP contribution in [0.15, 0.2) is 55.1 Å². The third kappa shape index (κ3) is 8.18. The number of amides is 2. The maximum absolute atomic E-state index is 13.9. The molecule has 0 atom stereocenters. The van der Waals surface area contributed by atoms with Crippen LogP contribution >= 0.6 is 0 Å². The number of likely N-dealkylation sites (tertiary alicyclic amines) is 1. The largest absolute Gasteiger partial charge is 0.380 e. The SMILES string of the molecule is O=CCN1CCN(CC2CCN(C(=O)c3ncc(-c4cccc(C5COC5)c4)cc3NC(=O)CNCc3ccncn3)CC2)CC1. The van der Waals surface area contributed by atoms with E-state index in [1.54, 1.807) is 18.5 Å². The van der Waals surface area contributed by atoms with Gasteiger partial charge in [0.2, 0.25) is 5.91 Å². The van der Waals surface area contributed by atoms with Crippen LogP contribution in [0.4, 0.5) is 5.69 Å². The van der Waals surface area contributed by atoms with Crippen LogP contribution in [0.2, 0.25) is 0 Å². The second-order valence-corrected chi connectivity index (χ2v) is 12.3. The van der Waals surface area contributed by atoms with Crippen LogP contribution in [0.5, 0.6) is 0 Å². The first-order valence-corrected chi connectivity index (χ1v) is 16.2. The molecule has 0 aliphatic carbocycles. The molecule has 0 bridgehead atoms. The number of carbonyl (C=O) groups is 3. The summed E-state index contributed by atoms with van der Waals surface area (Å²) >= 11 is 0. The van der Waals surface area contributed by atoms with Gasteiger partial charge in [-0.2, -0.15) is 0 Å². The lowest BCUT2D eigenvalue weighted by Crippen LogP contribution is -2.49. The fourth-order valence-corrected chi connectivity index (χ4v) is 6.30. The molecule has 3 saturated heterocycles. The molecule has 12 nitrogen and oxygen atoms in total. The minimum Gasteiger partial charge on any atom is -0.380 e. The number of pyridine rings is 1. The van der Waals surface area contributed by atoms with Gasteiger partial charge in [0.15, 0.2) is 5.69 Å². The van der Waals surface area contributed by atoms with Crippen LogP contribution in [0, 0.1) is 5.92 Å². The highest BCUT2D eigenvalue weighted by Crippen LogP contribution is 2.31. The summed E-state index contributed by atoms with van der Waals surface area (Å²) in [5.41, 5.74) is 4.44. The van der Waals surface area contributed by atoms with Crippen molar-refractivity contribution < 1.29 is 19.1 Å². The number of hydrogen-bond acceptors (Lipinski definition) is 10. The minimum absolute atomic E-state index is 0.0494. The molecular formula is C34H42N8O4. The van der Waals surface area contributed by atoms with Crippen LogP contribution in [-0.2, 0) is 20.9 Å². The van der Waals surface area contributed by atoms with Crippen molar-refractivity contribution in [3.05, 3.63) is 72.1 Å². The summed E-state index contributed by atoms with van der Waals surface area (Å²) in [6, 6.07) is 11.9. The molecule has 5 heterocycles. The molecule has 2 aromatic heterocycles. The Labute approximate surface area is 269 Å². The highest BCUT2D eigenvalue weighted by molar-refractivity contribution is 6.03. The number of hydrogen-bond donors (Lipinski definition) is 2. The number of aromatic nitrogens is 3. The number of nitrogens with one attached hydrogen (secondary N) is 2. The van der Waals surface area contributed by atoms with E-state index < -0.39 is 0 Å². The average molecular weight is 627 g/mol. The van der Waals surface area contributed by atoms with E-state index in [1.165, 1.54) is 11.9 Å². The molecule has 1 aromatic carbocycles. The number of piperidine rings is 1. The Bertz CT molecular complexity index is 1490. The number of benzene rings is 1. The first kappa shape index (κ1) is 31.9. The van der Waals surface area contributed by atoms with Gasteiger partial charge in [-0.05, 0) is 42.0 Å². The fourth-order valence-electron chi connectivity index (χ4n) is 6.30. The van der Waals surface area contributed by atoms with E-state index in [9.17, 15) is 14.4 Å². The van der Waals surface area contributed by atoms with E-state index in [1.807, 2.05) is 23.1 Å². The molecule has 2 amide bonds. The monoisotopic (exact) mass is 626 g/mol. The Balaban J connectivity index is 1.12. The number of piperazine rings is 1. The van der Waals surface area contributed by atoms with Crippen LogP contribution < -0.4 is 10.6 Å². The van der Waals surface area contributed by atoms with Gasteiger partial charge in [-0.1, -0.05) is 24.3 Å². The van der Waals surface area contributed by atoms with E-state index in [0.29, 0.717) is 56.9 Å². The average Bonchev–Trinajstić information content (AvgIpc) is 3.06. The van der Waals surface area contributed by atoms with Crippen molar-refractivity contribution in [1.29, 1.82) is 0 Å². The van der Waals surface area contributed by atoms with Crippen molar-refractivity contribution in [3.63, 3.8) is 0 Å². The summed E-state index contributed by atoms with van der Waals surface area (Å²) in [7, 11) is 0. The van der Waals surface area contributed by atoms with E-state index in [0.717, 1.165) is 68.7 Å². The zero-order valence-corrected chi connectivity index (χ0v) is 26.1. The molecule has 0 unspecified atom stereocenters. The number of ether oxygens (including phenoxy) is 1. The van der Waals surface area contributed by atoms with E-state index in [-0.39, 0.29) is 24.1 Å². The molecule has 0 radical (unpaired) electrons. The first-order chi connectivity index (χ1) is 22.6.